The standard InChI is InChI=1S/C14H12N6O/c1-9-4-2-3-5-10(9)12(21)6-11(13-15-7-17-19-13)14-16-8-18-20-14/h2-8H,1H3,(H,15,17,19)(H,16,18,20). The van der Waals surface area contributed by atoms with E-state index in [4.69, 9.17) is 0 Å². The normalized spacial score (nSPS) is 10.3. The highest BCUT2D eigenvalue weighted by Gasteiger charge is 2.15. The molecule has 0 aliphatic heterocycles. The number of nitrogens with zero attached hydrogens (tertiary/aromatic N) is 4. The van der Waals surface area contributed by atoms with Crippen LogP contribution in [0.15, 0.2) is 43.0 Å². The van der Waals surface area contributed by atoms with Gasteiger partial charge in [0.05, 0.1) is 5.57 Å². The number of hydrogen-bond acceptors (Lipinski definition) is 5. The van der Waals surface area contributed by atoms with Gasteiger partial charge in [-0.3, -0.25) is 15.0 Å². The average molecular weight is 280 g/mol. The van der Waals surface area contributed by atoms with E-state index < -0.39 is 0 Å². The van der Waals surface area contributed by atoms with Gasteiger partial charge in [-0.15, -0.1) is 0 Å². The van der Waals surface area contributed by atoms with Gasteiger partial charge in [0.25, 0.3) is 0 Å². The molecule has 0 saturated heterocycles. The number of aromatic amines is 2. The molecule has 7 heteroatoms. The van der Waals surface area contributed by atoms with E-state index in [-0.39, 0.29) is 5.78 Å². The first-order chi connectivity index (χ1) is 10.3. The van der Waals surface area contributed by atoms with Crippen LogP contribution < -0.4 is 0 Å². The summed E-state index contributed by atoms with van der Waals surface area (Å²) < 4.78 is 0. The summed E-state index contributed by atoms with van der Waals surface area (Å²) >= 11 is 0. The minimum atomic E-state index is -0.129. The fourth-order valence-corrected chi connectivity index (χ4v) is 1.98. The van der Waals surface area contributed by atoms with Crippen molar-refractivity contribution in [1.29, 1.82) is 0 Å². The zero-order valence-corrected chi connectivity index (χ0v) is 11.2. The molecule has 2 N–H and O–H groups in total. The molecule has 0 bridgehead atoms. The molecular formula is C14H12N6O. The fraction of sp³-hybridized carbons (Fsp3) is 0.0714. The molecule has 0 unspecified atom stereocenters. The lowest BCUT2D eigenvalue weighted by Crippen LogP contribution is -2.02. The van der Waals surface area contributed by atoms with Crippen LogP contribution in [-0.4, -0.2) is 36.1 Å². The third-order valence-electron chi connectivity index (χ3n) is 3.03. The van der Waals surface area contributed by atoms with Crippen LogP contribution in [0.1, 0.15) is 27.6 Å². The third-order valence-corrected chi connectivity index (χ3v) is 3.03. The zero-order chi connectivity index (χ0) is 14.7. The van der Waals surface area contributed by atoms with Gasteiger partial charge in [-0.2, -0.15) is 10.2 Å². The van der Waals surface area contributed by atoms with Gasteiger partial charge in [-0.05, 0) is 12.5 Å². The molecule has 2 heterocycles. The van der Waals surface area contributed by atoms with Crippen molar-refractivity contribution in [3.63, 3.8) is 0 Å². The van der Waals surface area contributed by atoms with Crippen molar-refractivity contribution in [2.24, 2.45) is 0 Å². The number of benzene rings is 1. The second-order valence-electron chi connectivity index (χ2n) is 4.41. The number of allylic oxidation sites excluding steroid dienone is 1. The lowest BCUT2D eigenvalue weighted by molar-refractivity contribution is 0.104. The molecule has 0 fully saturated rings. The predicted octanol–water partition coefficient (Wildman–Crippen LogP) is 1.55. The number of aryl methyl sites for hydroxylation is 1. The Morgan fingerprint density at radius 2 is 1.67 bits per heavy atom. The molecule has 1 aromatic carbocycles. The van der Waals surface area contributed by atoms with Crippen molar-refractivity contribution in [3.05, 3.63) is 65.8 Å². The maximum absolute atomic E-state index is 12.5. The van der Waals surface area contributed by atoms with Gasteiger partial charge in [0.15, 0.2) is 17.4 Å². The van der Waals surface area contributed by atoms with Gasteiger partial charge in [0, 0.05) is 11.6 Å². The summed E-state index contributed by atoms with van der Waals surface area (Å²) in [6.45, 7) is 1.89. The summed E-state index contributed by atoms with van der Waals surface area (Å²) in [5.74, 6) is 0.776. The molecule has 0 saturated carbocycles. The van der Waals surface area contributed by atoms with E-state index in [1.807, 2.05) is 25.1 Å². The first-order valence-corrected chi connectivity index (χ1v) is 6.29. The largest absolute Gasteiger partial charge is 0.289 e. The summed E-state index contributed by atoms with van der Waals surface area (Å²) in [6, 6.07) is 7.40. The van der Waals surface area contributed by atoms with E-state index in [1.165, 1.54) is 18.7 Å². The first-order valence-electron chi connectivity index (χ1n) is 6.29. The maximum Gasteiger partial charge on any atom is 0.186 e. The highest BCUT2D eigenvalue weighted by molar-refractivity contribution is 6.10. The quantitative estimate of drug-likeness (QED) is 0.558. The van der Waals surface area contributed by atoms with Gasteiger partial charge in [0.2, 0.25) is 0 Å². The number of carbonyl (C=O) groups excluding carboxylic acids is 1. The summed E-state index contributed by atoms with van der Waals surface area (Å²) in [7, 11) is 0. The summed E-state index contributed by atoms with van der Waals surface area (Å²) in [5, 5.41) is 13.1. The maximum atomic E-state index is 12.5. The van der Waals surface area contributed by atoms with Crippen LogP contribution in [0.4, 0.5) is 0 Å². The fourth-order valence-electron chi connectivity index (χ4n) is 1.98. The number of carbonyl (C=O) groups is 1. The molecule has 3 rings (SSSR count). The minimum absolute atomic E-state index is 0.129. The first kappa shape index (κ1) is 12.9. The van der Waals surface area contributed by atoms with Crippen molar-refractivity contribution < 1.29 is 4.79 Å². The van der Waals surface area contributed by atoms with Gasteiger partial charge >= 0.3 is 0 Å². The van der Waals surface area contributed by atoms with Crippen molar-refractivity contribution in [2.75, 3.05) is 0 Å². The highest BCUT2D eigenvalue weighted by Crippen LogP contribution is 2.18. The number of aromatic nitrogens is 6. The lowest BCUT2D eigenvalue weighted by Gasteiger charge is -2.03. The Labute approximate surface area is 120 Å². The molecule has 2 aromatic heterocycles. The van der Waals surface area contributed by atoms with E-state index in [9.17, 15) is 4.79 Å². The van der Waals surface area contributed by atoms with Gasteiger partial charge in [-0.1, -0.05) is 24.3 Å². The molecule has 0 spiro atoms. The third kappa shape index (κ3) is 2.62. The molecule has 0 aliphatic carbocycles. The van der Waals surface area contributed by atoms with Crippen LogP contribution >= 0.6 is 0 Å². The second-order valence-corrected chi connectivity index (χ2v) is 4.41. The van der Waals surface area contributed by atoms with Gasteiger partial charge in [-0.25, -0.2) is 9.97 Å². The van der Waals surface area contributed by atoms with Crippen LogP contribution in [0.3, 0.4) is 0 Å². The second kappa shape index (κ2) is 5.49. The molecule has 0 amide bonds. The SMILES string of the molecule is Cc1ccccc1C(=O)C=C(c1ncn[nH]1)c1ncn[nH]1. The Morgan fingerprint density at radius 1 is 1.05 bits per heavy atom. The summed E-state index contributed by atoms with van der Waals surface area (Å²) in [5.41, 5.74) is 2.06. The number of ketones is 1. The minimum Gasteiger partial charge on any atom is -0.289 e. The Balaban J connectivity index is 2.05. The van der Waals surface area contributed by atoms with E-state index >= 15 is 0 Å². The lowest BCUT2D eigenvalue weighted by atomic mass is 10.0. The smallest absolute Gasteiger partial charge is 0.186 e. The van der Waals surface area contributed by atoms with Crippen LogP contribution in [-0.2, 0) is 0 Å². The molecule has 21 heavy (non-hydrogen) atoms. The predicted molar refractivity (Wildman–Crippen MR) is 75.4 cm³/mol. The molecule has 0 atom stereocenters. The number of hydrogen-bond donors (Lipinski definition) is 2. The van der Waals surface area contributed by atoms with Crippen LogP contribution in [0.5, 0.6) is 0 Å². The molecule has 7 nitrogen and oxygen atoms in total. The Morgan fingerprint density at radius 3 is 2.19 bits per heavy atom. The number of nitrogens with one attached hydrogen (secondary N) is 2. The summed E-state index contributed by atoms with van der Waals surface area (Å²) in [4.78, 5) is 20.6. The van der Waals surface area contributed by atoms with E-state index in [0.29, 0.717) is 22.8 Å². The van der Waals surface area contributed by atoms with Gasteiger partial charge < -0.3 is 0 Å². The van der Waals surface area contributed by atoms with Crippen molar-refractivity contribution >= 4 is 11.4 Å². The topological polar surface area (TPSA) is 100 Å². The molecular weight excluding hydrogens is 268 g/mol. The number of H-pyrrole nitrogens is 2. The number of rotatable bonds is 4. The van der Waals surface area contributed by atoms with Crippen LogP contribution in [0.2, 0.25) is 0 Å². The Hall–Kier alpha value is -3.09. The summed E-state index contributed by atoms with van der Waals surface area (Å²) in [6.07, 6.45) is 4.22. The van der Waals surface area contributed by atoms with E-state index in [1.54, 1.807) is 6.07 Å². The van der Waals surface area contributed by atoms with Crippen LogP contribution in [0, 0.1) is 6.92 Å². The monoisotopic (exact) mass is 280 g/mol. The molecule has 3 aromatic rings. The molecule has 0 radical (unpaired) electrons. The zero-order valence-electron chi connectivity index (χ0n) is 11.2. The van der Waals surface area contributed by atoms with Crippen molar-refractivity contribution in [1.82, 2.24) is 30.4 Å². The Kier molecular flexibility index (Phi) is 3.38. The van der Waals surface area contributed by atoms with Crippen molar-refractivity contribution in [2.45, 2.75) is 6.92 Å². The van der Waals surface area contributed by atoms with Gasteiger partial charge in [0.1, 0.15) is 12.7 Å². The van der Waals surface area contributed by atoms with E-state index in [0.717, 1.165) is 5.56 Å². The molecule has 0 aliphatic rings. The van der Waals surface area contributed by atoms with E-state index in [2.05, 4.69) is 30.4 Å². The Bertz CT molecular complexity index is 737. The average Bonchev–Trinajstić information content (AvgIpc) is 3.18. The highest BCUT2D eigenvalue weighted by atomic mass is 16.1. The van der Waals surface area contributed by atoms with Crippen LogP contribution in [0.25, 0.3) is 5.57 Å². The molecule has 104 valence electrons. The van der Waals surface area contributed by atoms with Crippen molar-refractivity contribution in [3.8, 4) is 0 Å².